The minimum absolute atomic E-state index is 0.274. The van der Waals surface area contributed by atoms with E-state index in [-0.39, 0.29) is 5.69 Å². The third-order valence-corrected chi connectivity index (χ3v) is 3.30. The van der Waals surface area contributed by atoms with Gasteiger partial charge >= 0.3 is 0 Å². The van der Waals surface area contributed by atoms with Crippen molar-refractivity contribution in [2.45, 2.75) is 39.4 Å². The first-order valence-electron chi connectivity index (χ1n) is 7.17. The van der Waals surface area contributed by atoms with E-state index in [1.165, 1.54) is 12.0 Å². The molecule has 0 aliphatic carbocycles. The van der Waals surface area contributed by atoms with Crippen LogP contribution in [0.4, 0.5) is 0 Å². The van der Waals surface area contributed by atoms with Gasteiger partial charge in [-0.1, -0.05) is 33.8 Å². The van der Waals surface area contributed by atoms with E-state index in [4.69, 9.17) is 9.44 Å². The van der Waals surface area contributed by atoms with Gasteiger partial charge in [0.2, 0.25) is 5.88 Å². The Morgan fingerprint density at radius 3 is 2.45 bits per heavy atom. The monoisotopic (exact) mass is 316 g/mol. The van der Waals surface area contributed by atoms with E-state index in [2.05, 4.69) is 29.0 Å². The summed E-state index contributed by atoms with van der Waals surface area (Å²) < 4.78 is 5.39. The molecule has 2 aromatic heterocycles. The van der Waals surface area contributed by atoms with Gasteiger partial charge in [-0.25, -0.2) is 0 Å². The number of nitrogens with zero attached hydrogens (tertiary/aromatic N) is 4. The molecule has 116 valence electrons. The molecule has 0 saturated heterocycles. The zero-order valence-corrected chi connectivity index (χ0v) is 14.1. The topological polar surface area (TPSA) is 71.7 Å². The molecule has 2 heterocycles. The van der Waals surface area contributed by atoms with Gasteiger partial charge in [-0.2, -0.15) is 5.26 Å². The van der Waals surface area contributed by atoms with Crippen molar-refractivity contribution in [2.75, 3.05) is 0 Å². The minimum atomic E-state index is 0.274. The van der Waals surface area contributed by atoms with Crippen LogP contribution in [0, 0.1) is 11.3 Å². The molecule has 0 atom stereocenters. The number of hydrogen-bond donors (Lipinski definition) is 0. The van der Waals surface area contributed by atoms with E-state index in [1.807, 2.05) is 38.2 Å². The number of hydrogen-bond acceptors (Lipinski definition) is 6. The molecule has 0 spiro atoms. The molecule has 5 nitrogen and oxygen atoms in total. The first-order valence-corrected chi connectivity index (χ1v) is 8.08. The highest BCUT2D eigenvalue weighted by Crippen LogP contribution is 2.18. The van der Waals surface area contributed by atoms with E-state index in [1.54, 1.807) is 12.1 Å². The Morgan fingerprint density at radius 2 is 1.95 bits per heavy atom. The molecule has 2 rings (SSSR count). The van der Waals surface area contributed by atoms with Crippen molar-refractivity contribution in [1.29, 1.82) is 5.26 Å². The molecule has 2 aromatic rings. The average molecular weight is 316 g/mol. The predicted molar refractivity (Wildman–Crippen MR) is 88.3 cm³/mol. The summed E-state index contributed by atoms with van der Waals surface area (Å²) >= 11 is 1.26. The Bertz CT molecular complexity index is 591. The molecule has 0 saturated carbocycles. The molecule has 0 aliphatic heterocycles. The number of nitriles is 1. The highest BCUT2D eigenvalue weighted by Gasteiger charge is 2.03. The van der Waals surface area contributed by atoms with Crippen molar-refractivity contribution in [3.63, 3.8) is 0 Å². The van der Waals surface area contributed by atoms with Gasteiger partial charge in [0.15, 0.2) is 5.69 Å². The average Bonchev–Trinajstić information content (AvgIpc) is 2.58. The second-order valence-electron chi connectivity index (χ2n) is 4.46. The lowest BCUT2D eigenvalue weighted by molar-refractivity contribution is 0.599. The van der Waals surface area contributed by atoms with Gasteiger partial charge in [0.05, 0.1) is 17.8 Å². The summed E-state index contributed by atoms with van der Waals surface area (Å²) in [5.74, 6) is 1.50. The van der Waals surface area contributed by atoms with E-state index in [9.17, 15) is 0 Å². The highest BCUT2D eigenvalue weighted by atomic mass is 32.2. The first kappa shape index (κ1) is 17.9. The van der Waals surface area contributed by atoms with Gasteiger partial charge in [0.1, 0.15) is 6.07 Å². The largest absolute Gasteiger partial charge is 0.404 e. The molecular weight excluding hydrogens is 296 g/mol. The summed E-state index contributed by atoms with van der Waals surface area (Å²) in [5, 5.41) is 16.1. The van der Waals surface area contributed by atoms with Crippen molar-refractivity contribution >= 4 is 12.0 Å². The van der Waals surface area contributed by atoms with Crippen LogP contribution < -0.4 is 4.18 Å². The van der Waals surface area contributed by atoms with Gasteiger partial charge < -0.3 is 4.18 Å². The Morgan fingerprint density at radius 1 is 1.18 bits per heavy atom. The molecule has 0 amide bonds. The molecule has 0 aliphatic rings. The van der Waals surface area contributed by atoms with Crippen LogP contribution in [-0.2, 0) is 5.75 Å². The molecule has 0 fully saturated rings. The van der Waals surface area contributed by atoms with Gasteiger partial charge in [0.25, 0.3) is 0 Å². The van der Waals surface area contributed by atoms with Gasteiger partial charge in [-0.3, -0.25) is 4.98 Å². The Hall–Kier alpha value is -2.13. The van der Waals surface area contributed by atoms with Gasteiger partial charge in [-0.15, -0.1) is 10.2 Å². The molecule has 0 aromatic carbocycles. The van der Waals surface area contributed by atoms with Gasteiger partial charge in [-0.05, 0) is 23.6 Å². The zero-order chi connectivity index (χ0) is 16.4. The third kappa shape index (κ3) is 5.70. The van der Waals surface area contributed by atoms with Crippen molar-refractivity contribution in [3.8, 4) is 11.9 Å². The quantitative estimate of drug-likeness (QED) is 0.773. The van der Waals surface area contributed by atoms with Crippen LogP contribution in [-0.4, -0.2) is 15.2 Å². The zero-order valence-electron chi connectivity index (χ0n) is 13.3. The second kappa shape index (κ2) is 9.74. The normalized spacial score (nSPS) is 9.64. The van der Waals surface area contributed by atoms with Crippen LogP contribution in [0.2, 0.25) is 0 Å². The number of aromatic nitrogens is 3. The number of rotatable bonds is 5. The molecule has 22 heavy (non-hydrogen) atoms. The van der Waals surface area contributed by atoms with Crippen molar-refractivity contribution in [1.82, 2.24) is 15.2 Å². The minimum Gasteiger partial charge on any atom is -0.404 e. The predicted octanol–water partition coefficient (Wildman–Crippen LogP) is 4.12. The molecule has 0 N–H and O–H groups in total. The maximum absolute atomic E-state index is 8.61. The molecule has 0 unspecified atom stereocenters. The first-order chi connectivity index (χ1) is 10.7. The molecular formula is C16H20N4OS. The third-order valence-electron chi connectivity index (χ3n) is 2.56. The Labute approximate surface area is 136 Å². The van der Waals surface area contributed by atoms with Crippen LogP contribution in [0.15, 0.2) is 30.5 Å². The van der Waals surface area contributed by atoms with Crippen molar-refractivity contribution in [2.24, 2.45) is 0 Å². The van der Waals surface area contributed by atoms with E-state index in [0.717, 1.165) is 11.3 Å². The molecule has 0 radical (unpaired) electrons. The fraction of sp³-hybridized carbons (Fsp3) is 0.375. The lowest BCUT2D eigenvalue weighted by Gasteiger charge is -2.05. The Balaban J connectivity index is 0.00000116. The van der Waals surface area contributed by atoms with Crippen molar-refractivity contribution in [3.05, 3.63) is 47.4 Å². The Kier molecular flexibility index (Phi) is 7.94. The smallest absolute Gasteiger partial charge is 0.247 e. The lowest BCUT2D eigenvalue weighted by Crippen LogP contribution is -1.94. The summed E-state index contributed by atoms with van der Waals surface area (Å²) in [7, 11) is 0. The highest BCUT2D eigenvalue weighted by molar-refractivity contribution is 7.94. The van der Waals surface area contributed by atoms with E-state index < -0.39 is 0 Å². The fourth-order valence-corrected chi connectivity index (χ4v) is 2.02. The summed E-state index contributed by atoms with van der Waals surface area (Å²) in [6.45, 7) is 8.23. The summed E-state index contributed by atoms with van der Waals surface area (Å²) in [5.41, 5.74) is 2.44. The lowest BCUT2D eigenvalue weighted by atomic mass is 10.1. The summed E-state index contributed by atoms with van der Waals surface area (Å²) in [6, 6.07) is 9.18. The summed E-state index contributed by atoms with van der Waals surface area (Å²) in [4.78, 5) is 4.39. The summed E-state index contributed by atoms with van der Waals surface area (Å²) in [6.07, 6.45) is 1.86. The van der Waals surface area contributed by atoms with E-state index >= 15 is 0 Å². The van der Waals surface area contributed by atoms with Crippen LogP contribution in [0.3, 0.4) is 0 Å². The maximum atomic E-state index is 8.61. The standard InChI is InChI=1S/C14H14N4OS.C2H6/c1-10(2)13-5-3-11(8-16-13)9-20-19-14-6-4-12(7-15)17-18-14;1-2/h3-6,8,10H,9H2,1-2H3;1-2H3. The second-order valence-corrected chi connectivity index (χ2v) is 5.15. The van der Waals surface area contributed by atoms with Crippen LogP contribution >= 0.6 is 12.0 Å². The SMILES string of the molecule is CC.CC(C)c1ccc(CSOc2ccc(C#N)nn2)cn1. The maximum Gasteiger partial charge on any atom is 0.247 e. The van der Waals surface area contributed by atoms with E-state index in [0.29, 0.717) is 17.6 Å². The molecule has 0 bridgehead atoms. The molecule has 6 heteroatoms. The van der Waals surface area contributed by atoms with Crippen LogP contribution in [0.25, 0.3) is 0 Å². The van der Waals surface area contributed by atoms with Gasteiger partial charge in [0, 0.05) is 18.0 Å². The number of pyridine rings is 1. The van der Waals surface area contributed by atoms with Crippen LogP contribution in [0.5, 0.6) is 5.88 Å². The van der Waals surface area contributed by atoms with Crippen LogP contribution in [0.1, 0.15) is 50.6 Å². The fourth-order valence-electron chi connectivity index (χ4n) is 1.44. The van der Waals surface area contributed by atoms with Crippen molar-refractivity contribution < 1.29 is 4.18 Å².